The quantitative estimate of drug-likeness (QED) is 0.185. The molecule has 49 heavy (non-hydrogen) atoms. The van der Waals surface area contributed by atoms with Crippen LogP contribution in [0.15, 0.2) is 150 Å². The Morgan fingerprint density at radius 2 is 1.10 bits per heavy atom. The minimum atomic E-state index is 0.868. The number of para-hydroxylation sites is 1. The van der Waals surface area contributed by atoms with Gasteiger partial charge in [-0.1, -0.05) is 91.0 Å². The maximum Gasteiger partial charge on any atom is 0.159 e. The molecular formula is C43H24N2OS3. The lowest BCUT2D eigenvalue weighted by atomic mass is 10.1. The van der Waals surface area contributed by atoms with Gasteiger partial charge in [-0.3, -0.25) is 0 Å². The minimum absolute atomic E-state index is 0.868. The van der Waals surface area contributed by atoms with E-state index in [0.717, 1.165) is 59.8 Å². The molecule has 0 saturated carbocycles. The molecule has 4 heterocycles. The SMILES string of the molecule is c1ccc(-c2nc3ccc4oc5c(N(c6ccc7c(c6)sc6ccccc67)c6ccc7c(c6)sc6ccccc67)cccc5c4c3s2)cc1. The van der Waals surface area contributed by atoms with Crippen LogP contribution in [0.5, 0.6) is 0 Å². The van der Waals surface area contributed by atoms with Crippen LogP contribution < -0.4 is 4.90 Å². The summed E-state index contributed by atoms with van der Waals surface area (Å²) >= 11 is 5.42. The average molecular weight is 681 g/mol. The molecule has 7 aromatic carbocycles. The van der Waals surface area contributed by atoms with Gasteiger partial charge in [0.2, 0.25) is 0 Å². The second kappa shape index (κ2) is 10.5. The van der Waals surface area contributed by atoms with Crippen LogP contribution in [-0.2, 0) is 0 Å². The van der Waals surface area contributed by atoms with Crippen molar-refractivity contribution in [3.05, 3.63) is 146 Å². The number of anilines is 3. The summed E-state index contributed by atoms with van der Waals surface area (Å²) in [5.74, 6) is 0. The summed E-state index contributed by atoms with van der Waals surface area (Å²) in [7, 11) is 0. The van der Waals surface area contributed by atoms with Crippen LogP contribution in [0.25, 0.3) is 83.1 Å². The van der Waals surface area contributed by atoms with Crippen molar-refractivity contribution in [3.63, 3.8) is 0 Å². The first kappa shape index (κ1) is 27.4. The number of rotatable bonds is 4. The molecule has 11 rings (SSSR count). The van der Waals surface area contributed by atoms with E-state index in [0.29, 0.717) is 0 Å². The van der Waals surface area contributed by atoms with Gasteiger partial charge < -0.3 is 9.32 Å². The van der Waals surface area contributed by atoms with E-state index >= 15 is 0 Å². The van der Waals surface area contributed by atoms with Gasteiger partial charge in [-0.15, -0.1) is 34.0 Å². The Morgan fingerprint density at radius 1 is 0.490 bits per heavy atom. The summed E-state index contributed by atoms with van der Waals surface area (Å²) in [6, 6.07) is 52.2. The second-order valence-electron chi connectivity index (χ2n) is 12.3. The van der Waals surface area contributed by atoms with Crippen molar-refractivity contribution in [2.45, 2.75) is 0 Å². The molecule has 230 valence electrons. The Balaban J connectivity index is 1.17. The molecule has 6 heteroatoms. The lowest BCUT2D eigenvalue weighted by Gasteiger charge is -2.25. The third-order valence-electron chi connectivity index (χ3n) is 9.50. The zero-order valence-corrected chi connectivity index (χ0v) is 28.3. The third-order valence-corrected chi connectivity index (χ3v) is 12.9. The van der Waals surface area contributed by atoms with E-state index in [1.165, 1.54) is 40.3 Å². The van der Waals surface area contributed by atoms with Gasteiger partial charge >= 0.3 is 0 Å². The summed E-state index contributed by atoms with van der Waals surface area (Å²) in [5.41, 5.74) is 7.07. The Bertz CT molecular complexity index is 2960. The van der Waals surface area contributed by atoms with Crippen molar-refractivity contribution in [1.29, 1.82) is 0 Å². The standard InChI is InChI=1S/C43H24N2OS3/c1-2-9-25(10-3-1)43-44-33-21-22-35-40(42(33)49-43)32-13-8-14-34(41(32)46-35)45(26-17-19-30-28-11-4-6-15-36(28)47-38(30)23-26)27-18-20-31-29-12-5-7-16-37(29)48-39(31)24-27/h1-24H. The zero-order valence-electron chi connectivity index (χ0n) is 25.9. The molecule has 0 atom stereocenters. The summed E-state index contributed by atoms with van der Waals surface area (Å²) in [6.07, 6.45) is 0. The normalized spacial score (nSPS) is 12.1. The van der Waals surface area contributed by atoms with E-state index in [-0.39, 0.29) is 0 Å². The highest BCUT2D eigenvalue weighted by Crippen LogP contribution is 2.48. The van der Waals surface area contributed by atoms with E-state index in [1.54, 1.807) is 11.3 Å². The molecule has 4 aromatic heterocycles. The third kappa shape index (κ3) is 4.15. The van der Waals surface area contributed by atoms with Crippen molar-refractivity contribution >= 4 is 124 Å². The van der Waals surface area contributed by atoms with Gasteiger partial charge in [0, 0.05) is 68.1 Å². The Hall–Kier alpha value is -5.53. The van der Waals surface area contributed by atoms with Gasteiger partial charge in [0.25, 0.3) is 0 Å². The average Bonchev–Trinajstić information content (AvgIpc) is 3.93. The number of thiophene rings is 2. The maximum atomic E-state index is 6.84. The van der Waals surface area contributed by atoms with Gasteiger partial charge in [-0.05, 0) is 54.6 Å². The van der Waals surface area contributed by atoms with Crippen molar-refractivity contribution in [3.8, 4) is 10.6 Å². The van der Waals surface area contributed by atoms with Crippen LogP contribution >= 0.6 is 34.0 Å². The first-order chi connectivity index (χ1) is 24.3. The number of hydrogen-bond acceptors (Lipinski definition) is 6. The molecule has 0 saturated heterocycles. The van der Waals surface area contributed by atoms with Crippen molar-refractivity contribution in [2.75, 3.05) is 4.90 Å². The fourth-order valence-electron chi connectivity index (χ4n) is 7.27. The monoisotopic (exact) mass is 680 g/mol. The van der Waals surface area contributed by atoms with Crippen LogP contribution in [0.4, 0.5) is 17.1 Å². The topological polar surface area (TPSA) is 29.3 Å². The van der Waals surface area contributed by atoms with Crippen LogP contribution in [0.2, 0.25) is 0 Å². The summed E-state index contributed by atoms with van der Waals surface area (Å²) < 4.78 is 13.1. The van der Waals surface area contributed by atoms with Crippen LogP contribution in [0.1, 0.15) is 0 Å². The molecule has 0 unspecified atom stereocenters. The largest absolute Gasteiger partial charge is 0.454 e. The predicted octanol–water partition coefficient (Wildman–Crippen LogP) is 14.1. The Labute approximate surface area is 292 Å². The van der Waals surface area contributed by atoms with Crippen LogP contribution in [-0.4, -0.2) is 4.98 Å². The van der Waals surface area contributed by atoms with Crippen molar-refractivity contribution < 1.29 is 4.42 Å². The summed E-state index contributed by atoms with van der Waals surface area (Å²) in [4.78, 5) is 7.41. The molecular weight excluding hydrogens is 657 g/mol. The molecule has 0 bridgehead atoms. The van der Waals surface area contributed by atoms with Crippen molar-refractivity contribution in [1.82, 2.24) is 4.98 Å². The van der Waals surface area contributed by atoms with E-state index in [1.807, 2.05) is 28.7 Å². The van der Waals surface area contributed by atoms with Gasteiger partial charge in [0.05, 0.1) is 15.9 Å². The lowest BCUT2D eigenvalue weighted by Crippen LogP contribution is -2.10. The molecule has 0 aliphatic carbocycles. The van der Waals surface area contributed by atoms with E-state index in [4.69, 9.17) is 9.40 Å². The molecule has 3 nitrogen and oxygen atoms in total. The maximum absolute atomic E-state index is 6.84. The first-order valence-corrected chi connectivity index (χ1v) is 18.6. The zero-order chi connectivity index (χ0) is 32.1. The molecule has 0 amide bonds. The number of hydrogen-bond donors (Lipinski definition) is 0. The van der Waals surface area contributed by atoms with E-state index < -0.39 is 0 Å². The fraction of sp³-hybridized carbons (Fsp3) is 0. The van der Waals surface area contributed by atoms with Gasteiger partial charge in [0.1, 0.15) is 10.6 Å². The highest BCUT2D eigenvalue weighted by molar-refractivity contribution is 7.26. The number of furan rings is 1. The molecule has 0 N–H and O–H groups in total. The van der Waals surface area contributed by atoms with Gasteiger partial charge in [-0.25, -0.2) is 4.98 Å². The Morgan fingerprint density at radius 3 is 1.80 bits per heavy atom. The van der Waals surface area contributed by atoms with Crippen molar-refractivity contribution in [2.24, 2.45) is 0 Å². The molecule has 0 spiro atoms. The smallest absolute Gasteiger partial charge is 0.159 e. The van der Waals surface area contributed by atoms with Crippen LogP contribution in [0.3, 0.4) is 0 Å². The molecule has 0 aliphatic heterocycles. The highest BCUT2D eigenvalue weighted by atomic mass is 32.1. The predicted molar refractivity (Wildman–Crippen MR) is 213 cm³/mol. The number of aromatic nitrogens is 1. The van der Waals surface area contributed by atoms with E-state index in [9.17, 15) is 0 Å². The molecule has 0 radical (unpaired) electrons. The molecule has 0 fully saturated rings. The fourth-order valence-corrected chi connectivity index (χ4v) is 10.7. The number of fused-ring (bicyclic) bond motifs is 11. The molecule has 0 aliphatic rings. The first-order valence-electron chi connectivity index (χ1n) is 16.2. The van der Waals surface area contributed by atoms with Crippen LogP contribution in [0, 0.1) is 0 Å². The number of nitrogens with zero attached hydrogens (tertiary/aromatic N) is 2. The Kier molecular flexibility index (Phi) is 5.87. The molecule has 11 aromatic rings. The van der Waals surface area contributed by atoms with E-state index in [2.05, 4.69) is 144 Å². The second-order valence-corrected chi connectivity index (χ2v) is 15.5. The summed E-state index contributed by atoms with van der Waals surface area (Å²) in [6.45, 7) is 0. The lowest BCUT2D eigenvalue weighted by molar-refractivity contribution is 0.669. The van der Waals surface area contributed by atoms with Gasteiger partial charge in [-0.2, -0.15) is 0 Å². The number of benzene rings is 7. The highest BCUT2D eigenvalue weighted by Gasteiger charge is 2.23. The minimum Gasteiger partial charge on any atom is -0.454 e. The summed E-state index contributed by atoms with van der Waals surface area (Å²) in [5, 5.41) is 8.40. The van der Waals surface area contributed by atoms with Gasteiger partial charge in [0.15, 0.2) is 5.58 Å². The number of thiazole rings is 1.